The summed E-state index contributed by atoms with van der Waals surface area (Å²) >= 11 is 0. The summed E-state index contributed by atoms with van der Waals surface area (Å²) in [6, 6.07) is 8.63. The molecule has 178 valence electrons. The van der Waals surface area contributed by atoms with E-state index in [9.17, 15) is 18.0 Å². The number of rotatable bonds is 8. The first kappa shape index (κ1) is 24.7. The molecular formula is C23H31N5O4S. The van der Waals surface area contributed by atoms with Gasteiger partial charge in [0, 0.05) is 38.4 Å². The van der Waals surface area contributed by atoms with E-state index in [1.54, 1.807) is 6.20 Å². The van der Waals surface area contributed by atoms with Crippen LogP contribution in [-0.2, 0) is 26.2 Å². The van der Waals surface area contributed by atoms with Gasteiger partial charge >= 0.3 is 0 Å². The Balaban J connectivity index is 1.51. The minimum absolute atomic E-state index is 0.00291. The van der Waals surface area contributed by atoms with Gasteiger partial charge in [0.05, 0.1) is 10.9 Å². The molecule has 9 nitrogen and oxygen atoms in total. The standard InChI is InChI=1S/C23H31N5O4S/c1-16-10-12-28(13-11-16)22-9-4-19(14-24-22)15-25-23(30)17(2)27-33(31,32)21-7-5-20(6-8-21)26-18(3)29/h4-9,14,16-17,27H,10-13,15H2,1-3H3,(H,25,30)(H,26,29)/t17-/m0/s1. The monoisotopic (exact) mass is 473 g/mol. The Hall–Kier alpha value is -2.98. The molecule has 10 heteroatoms. The van der Waals surface area contributed by atoms with Crippen LogP contribution in [0.2, 0.25) is 0 Å². The van der Waals surface area contributed by atoms with Crippen molar-refractivity contribution in [3.05, 3.63) is 48.2 Å². The van der Waals surface area contributed by atoms with Crippen LogP contribution in [0.15, 0.2) is 47.5 Å². The van der Waals surface area contributed by atoms with Crippen LogP contribution in [0.4, 0.5) is 11.5 Å². The number of carbonyl (C=O) groups is 2. The number of piperidine rings is 1. The van der Waals surface area contributed by atoms with Crippen molar-refractivity contribution in [2.45, 2.75) is 51.1 Å². The van der Waals surface area contributed by atoms with E-state index in [4.69, 9.17) is 0 Å². The van der Waals surface area contributed by atoms with Crippen LogP contribution in [0.1, 0.15) is 39.2 Å². The third-order valence-electron chi connectivity index (χ3n) is 5.59. The Morgan fingerprint density at radius 3 is 2.36 bits per heavy atom. The van der Waals surface area contributed by atoms with E-state index in [2.05, 4.69) is 32.2 Å². The van der Waals surface area contributed by atoms with Crippen LogP contribution in [0.3, 0.4) is 0 Å². The zero-order chi connectivity index (χ0) is 24.0. The summed E-state index contributed by atoms with van der Waals surface area (Å²) in [7, 11) is -3.90. The lowest BCUT2D eigenvalue weighted by Gasteiger charge is -2.31. The van der Waals surface area contributed by atoms with Crippen molar-refractivity contribution in [2.75, 3.05) is 23.3 Å². The van der Waals surface area contributed by atoms with E-state index in [0.717, 1.165) is 43.2 Å². The van der Waals surface area contributed by atoms with Gasteiger partial charge < -0.3 is 15.5 Å². The second-order valence-electron chi connectivity index (χ2n) is 8.46. The van der Waals surface area contributed by atoms with Crippen molar-refractivity contribution in [3.63, 3.8) is 0 Å². The summed E-state index contributed by atoms with van der Waals surface area (Å²) in [4.78, 5) is 30.3. The van der Waals surface area contributed by atoms with Gasteiger partial charge in [0.1, 0.15) is 5.82 Å². The normalized spacial score (nSPS) is 15.7. The Kier molecular flexibility index (Phi) is 8.04. The van der Waals surface area contributed by atoms with Crippen LogP contribution in [0.25, 0.3) is 0 Å². The maximum absolute atomic E-state index is 12.6. The molecule has 0 bridgehead atoms. The smallest absolute Gasteiger partial charge is 0.241 e. The van der Waals surface area contributed by atoms with E-state index < -0.39 is 22.0 Å². The summed E-state index contributed by atoms with van der Waals surface area (Å²) in [5.41, 5.74) is 1.32. The molecule has 3 rings (SSSR count). The van der Waals surface area contributed by atoms with Gasteiger partial charge in [-0.25, -0.2) is 13.4 Å². The summed E-state index contributed by atoms with van der Waals surface area (Å²) in [6.07, 6.45) is 4.05. The zero-order valence-corrected chi connectivity index (χ0v) is 20.0. The quantitative estimate of drug-likeness (QED) is 0.541. The molecule has 1 saturated heterocycles. The first-order valence-corrected chi connectivity index (χ1v) is 12.5. The Morgan fingerprint density at radius 2 is 1.79 bits per heavy atom. The molecule has 1 atom stereocenters. The highest BCUT2D eigenvalue weighted by Gasteiger charge is 2.22. The predicted molar refractivity (Wildman–Crippen MR) is 127 cm³/mol. The molecule has 1 aliphatic heterocycles. The average molecular weight is 474 g/mol. The largest absolute Gasteiger partial charge is 0.357 e. The number of benzene rings is 1. The fraction of sp³-hybridized carbons (Fsp3) is 0.435. The molecular weight excluding hydrogens is 442 g/mol. The molecule has 2 amide bonds. The Labute approximate surface area is 195 Å². The Bertz CT molecular complexity index is 1060. The lowest BCUT2D eigenvalue weighted by molar-refractivity contribution is -0.122. The first-order chi connectivity index (χ1) is 15.6. The minimum Gasteiger partial charge on any atom is -0.357 e. The molecule has 3 N–H and O–H groups in total. The van der Waals surface area contributed by atoms with Crippen LogP contribution in [-0.4, -0.2) is 44.3 Å². The molecule has 0 radical (unpaired) electrons. The van der Waals surface area contributed by atoms with Gasteiger partial charge in [-0.2, -0.15) is 4.72 Å². The average Bonchev–Trinajstić information content (AvgIpc) is 2.78. The lowest BCUT2D eigenvalue weighted by Crippen LogP contribution is -2.44. The molecule has 0 saturated carbocycles. The third-order valence-corrected chi connectivity index (χ3v) is 7.15. The highest BCUT2D eigenvalue weighted by atomic mass is 32.2. The predicted octanol–water partition coefficient (Wildman–Crippen LogP) is 2.26. The third kappa shape index (κ3) is 7.00. The van der Waals surface area contributed by atoms with Crippen LogP contribution in [0, 0.1) is 5.92 Å². The fourth-order valence-corrected chi connectivity index (χ4v) is 4.77. The maximum atomic E-state index is 12.6. The van der Waals surface area contributed by atoms with Gasteiger partial charge in [-0.3, -0.25) is 9.59 Å². The first-order valence-electron chi connectivity index (χ1n) is 11.0. The second kappa shape index (κ2) is 10.8. The molecule has 1 aliphatic rings. The van der Waals surface area contributed by atoms with E-state index >= 15 is 0 Å². The van der Waals surface area contributed by atoms with Crippen molar-refractivity contribution in [1.82, 2.24) is 15.0 Å². The number of sulfonamides is 1. The van der Waals surface area contributed by atoms with Crippen molar-refractivity contribution >= 4 is 33.3 Å². The van der Waals surface area contributed by atoms with E-state index in [1.165, 1.54) is 38.1 Å². The summed E-state index contributed by atoms with van der Waals surface area (Å²) in [5.74, 6) is 0.989. The molecule has 0 spiro atoms. The zero-order valence-electron chi connectivity index (χ0n) is 19.2. The number of hydrogen-bond donors (Lipinski definition) is 3. The summed E-state index contributed by atoms with van der Waals surface area (Å²) in [6.45, 7) is 7.36. The van der Waals surface area contributed by atoms with Gasteiger partial charge in [0.2, 0.25) is 21.8 Å². The topological polar surface area (TPSA) is 120 Å². The molecule has 1 fully saturated rings. The van der Waals surface area contributed by atoms with Gasteiger partial charge in [0.25, 0.3) is 0 Å². The number of pyridine rings is 1. The van der Waals surface area contributed by atoms with E-state index in [1.807, 2.05) is 12.1 Å². The summed E-state index contributed by atoms with van der Waals surface area (Å²) in [5, 5.41) is 5.31. The number of carbonyl (C=O) groups excluding carboxylic acids is 2. The van der Waals surface area contributed by atoms with Crippen molar-refractivity contribution in [1.29, 1.82) is 0 Å². The van der Waals surface area contributed by atoms with Crippen LogP contribution >= 0.6 is 0 Å². The van der Waals surface area contributed by atoms with Gasteiger partial charge in [-0.15, -0.1) is 0 Å². The molecule has 1 aromatic carbocycles. The fourth-order valence-electron chi connectivity index (χ4n) is 3.56. The molecule has 0 unspecified atom stereocenters. The van der Waals surface area contributed by atoms with Gasteiger partial charge in [-0.1, -0.05) is 13.0 Å². The second-order valence-corrected chi connectivity index (χ2v) is 10.2. The number of aromatic nitrogens is 1. The highest BCUT2D eigenvalue weighted by Crippen LogP contribution is 2.21. The molecule has 2 aromatic rings. The molecule has 0 aliphatic carbocycles. The van der Waals surface area contributed by atoms with E-state index in [-0.39, 0.29) is 17.3 Å². The number of anilines is 2. The molecule has 2 heterocycles. The highest BCUT2D eigenvalue weighted by molar-refractivity contribution is 7.89. The number of amides is 2. The number of nitrogens with one attached hydrogen (secondary N) is 3. The number of nitrogens with zero attached hydrogens (tertiary/aromatic N) is 2. The molecule has 33 heavy (non-hydrogen) atoms. The summed E-state index contributed by atoms with van der Waals surface area (Å²) < 4.78 is 27.5. The van der Waals surface area contributed by atoms with Crippen LogP contribution < -0.4 is 20.3 Å². The maximum Gasteiger partial charge on any atom is 0.241 e. The van der Waals surface area contributed by atoms with Crippen LogP contribution in [0.5, 0.6) is 0 Å². The number of hydrogen-bond acceptors (Lipinski definition) is 6. The SMILES string of the molecule is CC(=O)Nc1ccc(S(=O)(=O)N[C@@H](C)C(=O)NCc2ccc(N3CCC(C)CC3)nc2)cc1. The van der Waals surface area contributed by atoms with Gasteiger partial charge in [0.15, 0.2) is 0 Å². The van der Waals surface area contributed by atoms with E-state index in [0.29, 0.717) is 5.69 Å². The van der Waals surface area contributed by atoms with Crippen molar-refractivity contribution in [3.8, 4) is 0 Å². The lowest BCUT2D eigenvalue weighted by atomic mass is 9.99. The minimum atomic E-state index is -3.90. The van der Waals surface area contributed by atoms with Crippen molar-refractivity contribution < 1.29 is 18.0 Å². The van der Waals surface area contributed by atoms with Gasteiger partial charge in [-0.05, 0) is 61.6 Å². The van der Waals surface area contributed by atoms with Crippen molar-refractivity contribution in [2.24, 2.45) is 5.92 Å². The Morgan fingerprint density at radius 1 is 1.12 bits per heavy atom. The molecule has 1 aromatic heterocycles.